The molecule has 0 saturated carbocycles. The Kier molecular flexibility index (Phi) is 5.89. The first-order chi connectivity index (χ1) is 12.1. The fraction of sp³-hybridized carbons (Fsp3) is 0.400. The normalized spacial score (nSPS) is 15.5. The molecular weight excluding hydrogens is 319 g/mol. The predicted molar refractivity (Wildman–Crippen MR) is 97.5 cm³/mol. The van der Waals surface area contributed by atoms with Crippen LogP contribution in [-0.4, -0.2) is 49.4 Å². The number of benzene rings is 2. The maximum Gasteiger partial charge on any atom is 0.123 e. The number of hydrogen-bond acceptors (Lipinski definition) is 4. The smallest absolute Gasteiger partial charge is 0.123 e. The third-order valence-corrected chi connectivity index (χ3v) is 4.57. The van der Waals surface area contributed by atoms with Gasteiger partial charge in [0.25, 0.3) is 0 Å². The Morgan fingerprint density at radius 3 is 2.36 bits per heavy atom. The summed E-state index contributed by atoms with van der Waals surface area (Å²) in [4.78, 5) is 4.38. The van der Waals surface area contributed by atoms with Gasteiger partial charge in [0, 0.05) is 25.3 Å². The fourth-order valence-corrected chi connectivity index (χ4v) is 3.04. The topological polar surface area (TPSA) is 35.9 Å². The molecule has 2 aromatic rings. The lowest BCUT2D eigenvalue weighted by atomic mass is 10.1. The lowest BCUT2D eigenvalue weighted by molar-refractivity contribution is 0.0823. The van der Waals surface area contributed by atoms with Crippen molar-refractivity contribution >= 4 is 5.69 Å². The Morgan fingerprint density at radius 1 is 1.12 bits per heavy atom. The number of methoxy groups -OCH3 is 1. The molecule has 0 spiro atoms. The standard InChI is InChI=1S/C20H25FN2O2/c1-25-20-9-7-18(8-10-20)23(13-16-3-5-17(21)6-4-16)15-19(24)14-22-11-2-12-22/h3-10,19,24H,2,11-15H2,1H3. The number of likely N-dealkylation sites (tertiary alicyclic amines) is 1. The fourth-order valence-electron chi connectivity index (χ4n) is 3.04. The van der Waals surface area contributed by atoms with E-state index in [0.717, 1.165) is 30.1 Å². The van der Waals surface area contributed by atoms with Gasteiger partial charge in [-0.2, -0.15) is 0 Å². The highest BCUT2D eigenvalue weighted by atomic mass is 19.1. The van der Waals surface area contributed by atoms with E-state index in [4.69, 9.17) is 4.74 Å². The number of hydrogen-bond donors (Lipinski definition) is 1. The Morgan fingerprint density at radius 2 is 1.80 bits per heavy atom. The second-order valence-electron chi connectivity index (χ2n) is 6.51. The van der Waals surface area contributed by atoms with Crippen molar-refractivity contribution in [3.8, 4) is 5.75 Å². The largest absolute Gasteiger partial charge is 0.497 e. The third-order valence-electron chi connectivity index (χ3n) is 4.57. The van der Waals surface area contributed by atoms with Crippen LogP contribution in [0.5, 0.6) is 5.75 Å². The van der Waals surface area contributed by atoms with Crippen molar-refractivity contribution in [2.45, 2.75) is 19.1 Å². The van der Waals surface area contributed by atoms with Gasteiger partial charge in [-0.3, -0.25) is 0 Å². The van der Waals surface area contributed by atoms with Gasteiger partial charge in [-0.05, 0) is 61.5 Å². The Balaban J connectivity index is 1.72. The van der Waals surface area contributed by atoms with Crippen molar-refractivity contribution in [1.82, 2.24) is 4.90 Å². The number of rotatable bonds is 8. The highest BCUT2D eigenvalue weighted by molar-refractivity contribution is 5.49. The van der Waals surface area contributed by atoms with Crippen LogP contribution in [0.25, 0.3) is 0 Å². The zero-order valence-corrected chi connectivity index (χ0v) is 14.6. The number of β-amino-alcohol motifs (C(OH)–C–C–N with tert-alkyl or cyclic N) is 1. The van der Waals surface area contributed by atoms with E-state index in [1.807, 2.05) is 24.3 Å². The van der Waals surface area contributed by atoms with Crippen LogP contribution in [-0.2, 0) is 6.54 Å². The number of halogens is 1. The van der Waals surface area contributed by atoms with Gasteiger partial charge in [0.2, 0.25) is 0 Å². The molecular formula is C20H25FN2O2. The summed E-state index contributed by atoms with van der Waals surface area (Å²) < 4.78 is 18.4. The van der Waals surface area contributed by atoms with E-state index in [2.05, 4.69) is 9.80 Å². The molecule has 1 unspecified atom stereocenters. The number of aliphatic hydroxyl groups is 1. The van der Waals surface area contributed by atoms with Gasteiger partial charge in [0.1, 0.15) is 11.6 Å². The molecule has 0 aromatic heterocycles. The Bertz CT molecular complexity index is 656. The van der Waals surface area contributed by atoms with Gasteiger partial charge in [-0.15, -0.1) is 0 Å². The van der Waals surface area contributed by atoms with Crippen molar-refractivity contribution < 1.29 is 14.2 Å². The van der Waals surface area contributed by atoms with E-state index in [0.29, 0.717) is 19.6 Å². The zero-order chi connectivity index (χ0) is 17.6. The lowest BCUT2D eigenvalue weighted by Crippen LogP contribution is -2.45. The summed E-state index contributed by atoms with van der Waals surface area (Å²) in [6.45, 7) is 3.97. The van der Waals surface area contributed by atoms with Gasteiger partial charge in [-0.1, -0.05) is 12.1 Å². The summed E-state index contributed by atoms with van der Waals surface area (Å²) in [5.41, 5.74) is 2.01. The molecule has 1 heterocycles. The zero-order valence-electron chi connectivity index (χ0n) is 14.6. The molecule has 0 amide bonds. The number of anilines is 1. The summed E-state index contributed by atoms with van der Waals surface area (Å²) in [5.74, 6) is 0.559. The van der Waals surface area contributed by atoms with Crippen LogP contribution in [0.4, 0.5) is 10.1 Å². The molecule has 1 saturated heterocycles. The molecule has 5 heteroatoms. The first-order valence-corrected chi connectivity index (χ1v) is 8.68. The third kappa shape index (κ3) is 4.94. The molecule has 4 nitrogen and oxygen atoms in total. The molecule has 0 radical (unpaired) electrons. The molecule has 1 aliphatic rings. The monoisotopic (exact) mass is 344 g/mol. The summed E-state index contributed by atoms with van der Waals surface area (Å²) >= 11 is 0. The maximum atomic E-state index is 13.2. The molecule has 3 rings (SSSR count). The lowest BCUT2D eigenvalue weighted by Gasteiger charge is -2.34. The summed E-state index contributed by atoms with van der Waals surface area (Å²) in [6.07, 6.45) is 0.785. The quantitative estimate of drug-likeness (QED) is 0.799. The molecule has 1 fully saturated rings. The van der Waals surface area contributed by atoms with Crippen molar-refractivity contribution in [1.29, 1.82) is 0 Å². The highest BCUT2D eigenvalue weighted by Gasteiger charge is 2.20. The van der Waals surface area contributed by atoms with Crippen molar-refractivity contribution in [3.05, 3.63) is 59.9 Å². The van der Waals surface area contributed by atoms with Crippen LogP contribution in [0, 0.1) is 5.82 Å². The van der Waals surface area contributed by atoms with E-state index in [9.17, 15) is 9.50 Å². The van der Waals surface area contributed by atoms with E-state index in [1.165, 1.54) is 18.6 Å². The van der Waals surface area contributed by atoms with Crippen LogP contribution in [0.15, 0.2) is 48.5 Å². The molecule has 2 aromatic carbocycles. The molecule has 0 aliphatic carbocycles. The molecule has 0 bridgehead atoms. The molecule has 1 N–H and O–H groups in total. The van der Waals surface area contributed by atoms with Crippen LogP contribution < -0.4 is 9.64 Å². The average Bonchev–Trinajstić information content (AvgIpc) is 2.59. The van der Waals surface area contributed by atoms with Crippen LogP contribution in [0.3, 0.4) is 0 Å². The van der Waals surface area contributed by atoms with Gasteiger partial charge < -0.3 is 19.6 Å². The number of aliphatic hydroxyl groups excluding tert-OH is 1. The minimum Gasteiger partial charge on any atom is -0.497 e. The highest BCUT2D eigenvalue weighted by Crippen LogP contribution is 2.22. The minimum absolute atomic E-state index is 0.238. The second-order valence-corrected chi connectivity index (χ2v) is 6.51. The average molecular weight is 344 g/mol. The summed E-state index contributed by atoms with van der Waals surface area (Å²) in [6, 6.07) is 14.3. The summed E-state index contributed by atoms with van der Waals surface area (Å²) in [5, 5.41) is 10.5. The Labute approximate surface area is 148 Å². The van der Waals surface area contributed by atoms with E-state index in [1.54, 1.807) is 19.2 Å². The van der Waals surface area contributed by atoms with Gasteiger partial charge in [0.05, 0.1) is 13.2 Å². The van der Waals surface area contributed by atoms with Crippen LogP contribution in [0.1, 0.15) is 12.0 Å². The van der Waals surface area contributed by atoms with Crippen LogP contribution >= 0.6 is 0 Å². The minimum atomic E-state index is -0.428. The van der Waals surface area contributed by atoms with Gasteiger partial charge in [0.15, 0.2) is 0 Å². The van der Waals surface area contributed by atoms with Gasteiger partial charge in [-0.25, -0.2) is 4.39 Å². The maximum absolute atomic E-state index is 13.2. The number of nitrogens with zero attached hydrogens (tertiary/aromatic N) is 2. The van der Waals surface area contributed by atoms with Gasteiger partial charge >= 0.3 is 0 Å². The molecule has 1 atom stereocenters. The Hall–Kier alpha value is -2.11. The second kappa shape index (κ2) is 8.32. The van der Waals surface area contributed by atoms with Crippen LogP contribution in [0.2, 0.25) is 0 Å². The molecule has 25 heavy (non-hydrogen) atoms. The first-order valence-electron chi connectivity index (χ1n) is 8.68. The molecule has 134 valence electrons. The van der Waals surface area contributed by atoms with Crippen molar-refractivity contribution in [2.24, 2.45) is 0 Å². The summed E-state index contributed by atoms with van der Waals surface area (Å²) in [7, 11) is 1.64. The van der Waals surface area contributed by atoms with Crippen molar-refractivity contribution in [2.75, 3.05) is 38.2 Å². The van der Waals surface area contributed by atoms with Crippen molar-refractivity contribution in [3.63, 3.8) is 0 Å². The van der Waals surface area contributed by atoms with E-state index < -0.39 is 6.10 Å². The van der Waals surface area contributed by atoms with E-state index in [-0.39, 0.29) is 5.82 Å². The van der Waals surface area contributed by atoms with E-state index >= 15 is 0 Å². The first kappa shape index (κ1) is 17.7. The number of ether oxygens (including phenoxy) is 1. The SMILES string of the molecule is COc1ccc(N(Cc2ccc(F)cc2)CC(O)CN2CCC2)cc1. The predicted octanol–water partition coefficient (Wildman–Crippen LogP) is 2.91. The molecule has 1 aliphatic heterocycles.